The van der Waals surface area contributed by atoms with Crippen LogP contribution in [0, 0.1) is 11.8 Å². The molecule has 50 heavy (non-hydrogen) atoms. The van der Waals surface area contributed by atoms with Gasteiger partial charge >= 0.3 is 297 Å². The molecule has 0 spiro atoms. The van der Waals surface area contributed by atoms with Gasteiger partial charge in [-0.2, -0.15) is 0 Å². The van der Waals surface area contributed by atoms with Gasteiger partial charge in [-0.05, 0) is 0 Å². The van der Waals surface area contributed by atoms with Crippen LogP contribution in [0.15, 0.2) is 145 Å². The molecule has 6 aromatic carbocycles. The molecule has 0 N–H and O–H groups in total. The van der Waals surface area contributed by atoms with E-state index < -0.39 is 26.8 Å². The summed E-state index contributed by atoms with van der Waals surface area (Å²) in [4.78, 5) is 0. The van der Waals surface area contributed by atoms with Crippen LogP contribution in [0.4, 0.5) is 0 Å². The molecule has 2 unspecified atom stereocenters. The van der Waals surface area contributed by atoms with Crippen molar-refractivity contribution in [1.29, 1.82) is 0 Å². The molecule has 0 fully saturated rings. The Morgan fingerprint density at radius 2 is 0.780 bits per heavy atom. The van der Waals surface area contributed by atoms with Crippen LogP contribution in [-0.2, 0) is 20.9 Å². The van der Waals surface area contributed by atoms with E-state index >= 15 is 0 Å². The Kier molecular flexibility index (Phi) is 11.0. The second kappa shape index (κ2) is 14.9. The van der Waals surface area contributed by atoms with E-state index in [4.69, 9.17) is 0 Å². The molecule has 0 saturated heterocycles. The molecule has 0 aromatic heterocycles. The predicted octanol–water partition coefficient (Wildman–Crippen LogP) is 6.33. The maximum Gasteiger partial charge on any atom is -1.00 e. The summed E-state index contributed by atoms with van der Waals surface area (Å²) >= 11 is -2.40. The van der Waals surface area contributed by atoms with Crippen molar-refractivity contribution in [2.24, 2.45) is 11.8 Å². The fraction of sp³-hybridized carbons (Fsp3) is 0.217. The Hall–Kier alpha value is -3.00. The molecule has 2 aliphatic carbocycles. The van der Waals surface area contributed by atoms with Crippen LogP contribution >= 0.6 is 0 Å². The molecule has 251 valence electrons. The molecule has 8 rings (SSSR count). The van der Waals surface area contributed by atoms with Gasteiger partial charge in [0, 0.05) is 0 Å². The van der Waals surface area contributed by atoms with Gasteiger partial charge in [0.25, 0.3) is 0 Å². The van der Waals surface area contributed by atoms with Crippen molar-refractivity contribution in [1.82, 2.24) is 0 Å². The van der Waals surface area contributed by atoms with E-state index in [0.29, 0.717) is 19.1 Å². The zero-order chi connectivity index (χ0) is 33.1. The molecular formula is C46H45Cl2SiZr. The van der Waals surface area contributed by atoms with Gasteiger partial charge in [0.05, 0.1) is 0 Å². The summed E-state index contributed by atoms with van der Waals surface area (Å²) in [7, 11) is 0. The van der Waals surface area contributed by atoms with Gasteiger partial charge in [-0.25, -0.2) is 0 Å². The maximum absolute atomic E-state index is 2.71. The Labute approximate surface area is 319 Å². The fourth-order valence-corrected chi connectivity index (χ4v) is 32.5. The van der Waals surface area contributed by atoms with E-state index in [1.807, 2.05) is 0 Å². The molecule has 0 bridgehead atoms. The van der Waals surface area contributed by atoms with Gasteiger partial charge in [-0.1, -0.05) is 0 Å². The van der Waals surface area contributed by atoms with Gasteiger partial charge in [-0.3, -0.25) is 0 Å². The number of allylic oxidation sites excluding steroid dienone is 2. The third kappa shape index (κ3) is 5.95. The summed E-state index contributed by atoms with van der Waals surface area (Å²) in [6.45, 7) is 15.3. The third-order valence-corrected chi connectivity index (χ3v) is 32.4. The molecule has 2 aliphatic rings. The Morgan fingerprint density at radius 3 is 1.18 bits per heavy atom. The van der Waals surface area contributed by atoms with Crippen molar-refractivity contribution in [3.8, 4) is 0 Å². The zero-order valence-electron chi connectivity index (χ0n) is 29.8. The van der Waals surface area contributed by atoms with E-state index in [9.17, 15) is 0 Å². The van der Waals surface area contributed by atoms with Crippen LogP contribution in [0.25, 0.3) is 32.7 Å². The van der Waals surface area contributed by atoms with Crippen molar-refractivity contribution < 1.29 is 45.7 Å². The monoisotopic (exact) mass is 785 g/mol. The minimum atomic E-state index is -2.40. The minimum absolute atomic E-state index is 0. The first-order chi connectivity index (χ1) is 23.4. The molecule has 6 aromatic rings. The average Bonchev–Trinajstić information content (AvgIpc) is 3.62. The first-order valence-electron chi connectivity index (χ1n) is 17.9. The number of benzene rings is 6. The average molecular weight is 788 g/mol. The molecule has 0 saturated carbocycles. The molecule has 0 radical (unpaired) electrons. The van der Waals surface area contributed by atoms with Crippen LogP contribution in [0.1, 0.15) is 68.3 Å². The summed E-state index contributed by atoms with van der Waals surface area (Å²) in [5.74, 6) is -0.137. The van der Waals surface area contributed by atoms with Crippen LogP contribution in [-0.4, -0.2) is 5.92 Å². The fourth-order valence-electron chi connectivity index (χ4n) is 9.17. The second-order valence-electron chi connectivity index (χ2n) is 14.7. The molecule has 0 aliphatic heterocycles. The standard InChI is InChI=1S/2C22H19.C2H7Si.2ClH.Zr/c2*1-15(2)21-14-17-9-4-6-12-19(17)22(21)20-13-7-10-16-8-3-5-11-18(16)20;1-3-2;;;/h2*3-15H,1-2H3;3H,1-2H3;2*1H;/q;;;;;+2/p-2. The van der Waals surface area contributed by atoms with E-state index in [-0.39, 0.29) is 24.8 Å². The van der Waals surface area contributed by atoms with Crippen LogP contribution in [0.3, 0.4) is 0 Å². The minimum Gasteiger partial charge on any atom is -1.00 e. The summed E-state index contributed by atoms with van der Waals surface area (Å²) in [6, 6.07) is 51.1. The molecule has 0 amide bonds. The molecule has 2 atom stereocenters. The first-order valence-corrected chi connectivity index (χ1v) is 27.8. The van der Waals surface area contributed by atoms with E-state index in [1.165, 1.54) is 54.9 Å². The topological polar surface area (TPSA) is 0 Å². The number of rotatable bonds is 7. The predicted molar refractivity (Wildman–Crippen MR) is 207 cm³/mol. The molecule has 0 nitrogen and oxygen atoms in total. The maximum atomic E-state index is 2.71. The van der Waals surface area contributed by atoms with E-state index in [1.54, 1.807) is 22.3 Å². The van der Waals surface area contributed by atoms with Gasteiger partial charge in [0.15, 0.2) is 0 Å². The van der Waals surface area contributed by atoms with Gasteiger partial charge in [-0.15, -0.1) is 0 Å². The van der Waals surface area contributed by atoms with Gasteiger partial charge < -0.3 is 24.8 Å². The quantitative estimate of drug-likeness (QED) is 0.166. The van der Waals surface area contributed by atoms with Crippen LogP contribution < -0.4 is 24.8 Å². The Balaban J connectivity index is 0.00000216. The van der Waals surface area contributed by atoms with Gasteiger partial charge in [0.2, 0.25) is 0 Å². The Bertz CT molecular complexity index is 2100. The largest absolute Gasteiger partial charge is 1.00 e. The van der Waals surface area contributed by atoms with Crippen molar-refractivity contribution >= 4 is 38.6 Å². The molecular weight excluding hydrogens is 743 g/mol. The number of hydrogen-bond acceptors (Lipinski definition) is 0. The third-order valence-electron chi connectivity index (χ3n) is 11.0. The second-order valence-corrected chi connectivity index (χ2v) is 34.8. The summed E-state index contributed by atoms with van der Waals surface area (Å²) < 4.78 is 1.14. The van der Waals surface area contributed by atoms with E-state index in [2.05, 4.69) is 174 Å². The smallest absolute Gasteiger partial charge is 1.00 e. The normalized spacial score (nSPS) is 16.7. The van der Waals surface area contributed by atoms with Crippen molar-refractivity contribution in [3.05, 3.63) is 178 Å². The van der Waals surface area contributed by atoms with Gasteiger partial charge in [0.1, 0.15) is 0 Å². The number of hydrogen-bond donors (Lipinski definition) is 0. The summed E-state index contributed by atoms with van der Waals surface area (Å²) in [5.41, 5.74) is 15.6. The Morgan fingerprint density at radius 1 is 0.440 bits per heavy atom. The summed E-state index contributed by atoms with van der Waals surface area (Å²) in [6.07, 6.45) is 0. The van der Waals surface area contributed by atoms with Crippen molar-refractivity contribution in [2.75, 3.05) is 0 Å². The van der Waals surface area contributed by atoms with Crippen LogP contribution in [0.5, 0.6) is 0 Å². The molecule has 0 heterocycles. The van der Waals surface area contributed by atoms with Crippen molar-refractivity contribution in [3.63, 3.8) is 0 Å². The van der Waals surface area contributed by atoms with Crippen LogP contribution in [0.2, 0.25) is 13.1 Å². The summed E-state index contributed by atoms with van der Waals surface area (Å²) in [5, 5.41) is 5.42. The molecule has 4 heteroatoms. The SMILES string of the molecule is CC(C)C1=C(c2cccc3ccccc23)c2ccccc2[CH]1[Zr+2]([CH]1C(C(C)C)=C(c2cccc3ccccc23)c2ccccc21)[SiH](C)C.[Cl-].[Cl-]. The number of fused-ring (bicyclic) bond motifs is 4. The first kappa shape index (κ1) is 36.8. The van der Waals surface area contributed by atoms with E-state index in [0.717, 1.165) is 0 Å². The number of halogens is 2. The van der Waals surface area contributed by atoms with Crippen molar-refractivity contribution in [2.45, 2.75) is 48.0 Å². The zero-order valence-corrected chi connectivity index (χ0v) is 35.0.